The van der Waals surface area contributed by atoms with E-state index >= 15 is 0 Å². The van der Waals surface area contributed by atoms with Crippen LogP contribution in [0.3, 0.4) is 0 Å². The van der Waals surface area contributed by atoms with Crippen LogP contribution in [0.15, 0.2) is 47.6 Å². The highest BCUT2D eigenvalue weighted by molar-refractivity contribution is 5.79. The molecular weight excluding hydrogens is 335 g/mol. The highest BCUT2D eigenvalue weighted by Crippen LogP contribution is 2.23. The van der Waals surface area contributed by atoms with Gasteiger partial charge in [-0.2, -0.15) is 0 Å². The lowest BCUT2D eigenvalue weighted by molar-refractivity contribution is 0.114. The van der Waals surface area contributed by atoms with Gasteiger partial charge in [-0.25, -0.2) is 9.37 Å². The maximum Gasteiger partial charge on any atom is 0.224 e. The molecular formula is C19H23FN4O2. The zero-order valence-electron chi connectivity index (χ0n) is 14.7. The molecule has 7 heteroatoms. The summed E-state index contributed by atoms with van der Waals surface area (Å²) in [5.41, 5.74) is 0.844. The van der Waals surface area contributed by atoms with Crippen LogP contribution in [-0.2, 0) is 11.3 Å². The third kappa shape index (κ3) is 5.16. The number of pyridine rings is 1. The fraction of sp³-hybridized carbons (Fsp3) is 0.368. The average Bonchev–Trinajstić information content (AvgIpc) is 3.17. The molecule has 0 bridgehead atoms. The lowest BCUT2D eigenvalue weighted by atomic mass is 10.2. The monoisotopic (exact) mass is 358 g/mol. The van der Waals surface area contributed by atoms with E-state index in [0.717, 1.165) is 31.6 Å². The summed E-state index contributed by atoms with van der Waals surface area (Å²) in [6.45, 7) is 2.03. The molecule has 2 aromatic rings. The minimum Gasteiger partial charge on any atom is -0.439 e. The second-order valence-electron chi connectivity index (χ2n) is 5.97. The summed E-state index contributed by atoms with van der Waals surface area (Å²) < 4.78 is 24.7. The summed E-state index contributed by atoms with van der Waals surface area (Å²) in [5, 5.41) is 6.50. The van der Waals surface area contributed by atoms with Crippen LogP contribution in [0.2, 0.25) is 0 Å². The van der Waals surface area contributed by atoms with Gasteiger partial charge in [0.25, 0.3) is 0 Å². The number of hydrogen-bond donors (Lipinski definition) is 2. The molecule has 3 rings (SSSR count). The van der Waals surface area contributed by atoms with Crippen LogP contribution in [0, 0.1) is 5.82 Å². The van der Waals surface area contributed by atoms with Crippen LogP contribution in [0.25, 0.3) is 0 Å². The fourth-order valence-electron chi connectivity index (χ4n) is 2.71. The maximum absolute atomic E-state index is 13.3. The van der Waals surface area contributed by atoms with Gasteiger partial charge in [0.05, 0.1) is 6.10 Å². The molecule has 1 fully saturated rings. The van der Waals surface area contributed by atoms with E-state index in [1.807, 2.05) is 12.1 Å². The van der Waals surface area contributed by atoms with Gasteiger partial charge in [0.1, 0.15) is 11.6 Å². The second kappa shape index (κ2) is 9.15. The van der Waals surface area contributed by atoms with Crippen molar-refractivity contribution >= 4 is 5.96 Å². The van der Waals surface area contributed by atoms with Gasteiger partial charge in [-0.15, -0.1) is 0 Å². The fourth-order valence-corrected chi connectivity index (χ4v) is 2.71. The second-order valence-corrected chi connectivity index (χ2v) is 5.97. The van der Waals surface area contributed by atoms with Crippen LogP contribution in [-0.4, -0.2) is 37.2 Å². The summed E-state index contributed by atoms with van der Waals surface area (Å²) in [7, 11) is 1.72. The van der Waals surface area contributed by atoms with Crippen molar-refractivity contribution in [3.63, 3.8) is 0 Å². The van der Waals surface area contributed by atoms with Gasteiger partial charge >= 0.3 is 0 Å². The first kappa shape index (κ1) is 18.1. The van der Waals surface area contributed by atoms with Crippen molar-refractivity contribution in [3.8, 4) is 11.6 Å². The molecule has 6 nitrogen and oxygen atoms in total. The standard InChI is InChI=1S/C19H23FN4O2/c1-21-19(24-13-17-8-4-10-25-17)23-12-14-5-3-9-22-18(14)26-16-7-2-6-15(20)11-16/h2-3,5-7,9,11,17H,4,8,10,12-13H2,1H3,(H2,21,23,24). The Labute approximate surface area is 152 Å². The number of rotatable bonds is 6. The van der Waals surface area contributed by atoms with E-state index in [-0.39, 0.29) is 11.9 Å². The molecule has 26 heavy (non-hydrogen) atoms. The third-order valence-electron chi connectivity index (χ3n) is 4.05. The third-order valence-corrected chi connectivity index (χ3v) is 4.05. The lowest BCUT2D eigenvalue weighted by Crippen LogP contribution is -2.40. The maximum atomic E-state index is 13.3. The molecule has 0 aliphatic carbocycles. The predicted octanol–water partition coefficient (Wildman–Crippen LogP) is 2.86. The molecule has 1 atom stereocenters. The summed E-state index contributed by atoms with van der Waals surface area (Å²) in [4.78, 5) is 8.47. The van der Waals surface area contributed by atoms with Gasteiger partial charge in [0, 0.05) is 44.6 Å². The number of guanidine groups is 1. The normalized spacial score (nSPS) is 17.2. The number of aromatic nitrogens is 1. The van der Waals surface area contributed by atoms with E-state index in [0.29, 0.717) is 24.1 Å². The molecule has 0 radical (unpaired) electrons. The molecule has 1 saturated heterocycles. The van der Waals surface area contributed by atoms with Crippen LogP contribution >= 0.6 is 0 Å². The van der Waals surface area contributed by atoms with E-state index in [4.69, 9.17) is 9.47 Å². The number of nitrogens with zero attached hydrogens (tertiary/aromatic N) is 2. The minimum absolute atomic E-state index is 0.235. The highest BCUT2D eigenvalue weighted by Gasteiger charge is 2.15. The van der Waals surface area contributed by atoms with E-state index in [1.54, 1.807) is 25.4 Å². The van der Waals surface area contributed by atoms with Crippen molar-refractivity contribution in [2.75, 3.05) is 20.2 Å². The molecule has 1 unspecified atom stereocenters. The molecule has 2 heterocycles. The smallest absolute Gasteiger partial charge is 0.224 e. The molecule has 138 valence electrons. The van der Waals surface area contributed by atoms with Crippen molar-refractivity contribution < 1.29 is 13.9 Å². The number of halogens is 1. The summed E-state index contributed by atoms with van der Waals surface area (Å²) >= 11 is 0. The van der Waals surface area contributed by atoms with E-state index in [1.165, 1.54) is 12.1 Å². The van der Waals surface area contributed by atoms with Gasteiger partial charge in [0.2, 0.25) is 5.88 Å². The van der Waals surface area contributed by atoms with Crippen molar-refractivity contribution in [3.05, 3.63) is 54.0 Å². The van der Waals surface area contributed by atoms with E-state index in [9.17, 15) is 4.39 Å². The van der Waals surface area contributed by atoms with Crippen molar-refractivity contribution in [1.29, 1.82) is 0 Å². The van der Waals surface area contributed by atoms with Crippen molar-refractivity contribution in [1.82, 2.24) is 15.6 Å². The first-order valence-corrected chi connectivity index (χ1v) is 8.68. The zero-order valence-corrected chi connectivity index (χ0v) is 14.7. The topological polar surface area (TPSA) is 67.8 Å². The SMILES string of the molecule is CN=C(NCc1cccnc1Oc1cccc(F)c1)NCC1CCCO1. The van der Waals surface area contributed by atoms with Crippen LogP contribution in [0.5, 0.6) is 11.6 Å². The van der Waals surface area contributed by atoms with Gasteiger partial charge in [-0.3, -0.25) is 4.99 Å². The average molecular weight is 358 g/mol. The Morgan fingerprint density at radius 2 is 2.27 bits per heavy atom. The van der Waals surface area contributed by atoms with Crippen molar-refractivity contribution in [2.45, 2.75) is 25.5 Å². The van der Waals surface area contributed by atoms with Crippen LogP contribution in [0.4, 0.5) is 4.39 Å². The number of benzene rings is 1. The number of aliphatic imine (C=N–C) groups is 1. The Bertz CT molecular complexity index is 748. The van der Waals surface area contributed by atoms with E-state index < -0.39 is 0 Å². The summed E-state index contributed by atoms with van der Waals surface area (Å²) in [5.74, 6) is 1.17. The molecule has 0 spiro atoms. The molecule has 1 aromatic carbocycles. The van der Waals surface area contributed by atoms with Gasteiger partial charge < -0.3 is 20.1 Å². The Morgan fingerprint density at radius 1 is 1.35 bits per heavy atom. The Kier molecular flexibility index (Phi) is 6.38. The summed E-state index contributed by atoms with van der Waals surface area (Å²) in [6.07, 6.45) is 4.05. The highest BCUT2D eigenvalue weighted by atomic mass is 19.1. The van der Waals surface area contributed by atoms with Gasteiger partial charge in [0.15, 0.2) is 5.96 Å². The predicted molar refractivity (Wildman–Crippen MR) is 97.9 cm³/mol. The molecule has 1 aliphatic rings. The van der Waals surface area contributed by atoms with Crippen LogP contribution < -0.4 is 15.4 Å². The number of ether oxygens (including phenoxy) is 2. The summed E-state index contributed by atoms with van der Waals surface area (Å²) in [6, 6.07) is 9.73. The minimum atomic E-state index is -0.350. The molecule has 2 N–H and O–H groups in total. The molecule has 0 saturated carbocycles. The van der Waals surface area contributed by atoms with Crippen LogP contribution in [0.1, 0.15) is 18.4 Å². The zero-order chi connectivity index (χ0) is 18.2. The number of hydrogen-bond acceptors (Lipinski definition) is 4. The first-order valence-electron chi connectivity index (χ1n) is 8.68. The Hall–Kier alpha value is -2.67. The first-order chi connectivity index (χ1) is 12.7. The van der Waals surface area contributed by atoms with Crippen molar-refractivity contribution in [2.24, 2.45) is 4.99 Å². The van der Waals surface area contributed by atoms with E-state index in [2.05, 4.69) is 20.6 Å². The molecule has 1 aromatic heterocycles. The largest absolute Gasteiger partial charge is 0.439 e. The lowest BCUT2D eigenvalue weighted by Gasteiger charge is -2.16. The Morgan fingerprint density at radius 3 is 3.04 bits per heavy atom. The number of nitrogens with one attached hydrogen (secondary N) is 2. The quantitative estimate of drug-likeness (QED) is 0.614. The van der Waals surface area contributed by atoms with Gasteiger partial charge in [-0.05, 0) is 31.0 Å². The molecule has 0 amide bonds. The molecule has 1 aliphatic heterocycles. The van der Waals surface area contributed by atoms with Gasteiger partial charge in [-0.1, -0.05) is 12.1 Å². The Balaban J connectivity index is 1.58.